The molecule has 0 spiro atoms. The highest BCUT2D eigenvalue weighted by atomic mass is 32.2. The maximum absolute atomic E-state index is 10.5. The van der Waals surface area contributed by atoms with Crippen LogP contribution in [0.1, 0.15) is 38.5 Å². The summed E-state index contributed by atoms with van der Waals surface area (Å²) in [6, 6.07) is 0.444. The third kappa shape index (κ3) is 5.57. The molecule has 0 aromatic rings. The van der Waals surface area contributed by atoms with Crippen LogP contribution in [0, 0.1) is 0 Å². The summed E-state index contributed by atoms with van der Waals surface area (Å²) >= 11 is 0. The Kier molecular flexibility index (Phi) is 4.84. The van der Waals surface area contributed by atoms with Gasteiger partial charge in [-0.3, -0.25) is 4.55 Å². The lowest BCUT2D eigenvalue weighted by molar-refractivity contribution is 0.456. The number of hydrogen-bond donors (Lipinski definition) is 2. The van der Waals surface area contributed by atoms with Crippen molar-refractivity contribution in [2.45, 2.75) is 44.6 Å². The highest BCUT2D eigenvalue weighted by Crippen LogP contribution is 2.12. The van der Waals surface area contributed by atoms with Gasteiger partial charge in [-0.2, -0.15) is 8.42 Å². The van der Waals surface area contributed by atoms with Gasteiger partial charge in [-0.25, -0.2) is 0 Å². The molecule has 0 aromatic heterocycles. The van der Waals surface area contributed by atoms with Crippen LogP contribution in [0.25, 0.3) is 0 Å². The van der Waals surface area contributed by atoms with Crippen molar-refractivity contribution in [1.82, 2.24) is 5.32 Å². The topological polar surface area (TPSA) is 66.4 Å². The molecule has 14 heavy (non-hydrogen) atoms. The zero-order valence-corrected chi connectivity index (χ0v) is 9.22. The van der Waals surface area contributed by atoms with Crippen LogP contribution in [0.5, 0.6) is 0 Å². The minimum atomic E-state index is -3.76. The van der Waals surface area contributed by atoms with E-state index in [0.717, 1.165) is 19.4 Å². The second-order valence-corrected chi connectivity index (χ2v) is 5.50. The van der Waals surface area contributed by atoms with Gasteiger partial charge in [-0.15, -0.1) is 0 Å². The molecule has 5 heteroatoms. The first-order chi connectivity index (χ1) is 6.58. The fraction of sp³-hybridized carbons (Fsp3) is 1.00. The molecule has 1 heterocycles. The summed E-state index contributed by atoms with van der Waals surface area (Å²) in [6.45, 7) is 1.04. The van der Waals surface area contributed by atoms with Crippen molar-refractivity contribution in [3.05, 3.63) is 0 Å². The normalized spacial score (nSPS) is 24.5. The molecule has 0 amide bonds. The highest BCUT2D eigenvalue weighted by Gasteiger charge is 2.12. The first-order valence-corrected chi connectivity index (χ1v) is 6.87. The maximum Gasteiger partial charge on any atom is 0.264 e. The van der Waals surface area contributed by atoms with E-state index in [-0.39, 0.29) is 5.75 Å². The zero-order valence-electron chi connectivity index (χ0n) is 8.41. The molecular formula is C9H19NO3S. The van der Waals surface area contributed by atoms with E-state index >= 15 is 0 Å². The fourth-order valence-corrected chi connectivity index (χ4v) is 2.39. The Hall–Kier alpha value is -0.130. The fourth-order valence-electron chi connectivity index (χ4n) is 1.86. The number of nitrogens with one attached hydrogen (secondary N) is 1. The van der Waals surface area contributed by atoms with Gasteiger partial charge in [0.2, 0.25) is 0 Å². The maximum atomic E-state index is 10.5. The summed E-state index contributed by atoms with van der Waals surface area (Å²) in [4.78, 5) is 0. The van der Waals surface area contributed by atoms with Crippen LogP contribution in [-0.4, -0.2) is 31.3 Å². The lowest BCUT2D eigenvalue weighted by atomic mass is 10.1. The molecule has 1 aliphatic rings. The van der Waals surface area contributed by atoms with E-state index in [2.05, 4.69) is 5.32 Å². The van der Waals surface area contributed by atoms with Crippen LogP contribution in [-0.2, 0) is 10.1 Å². The minimum Gasteiger partial charge on any atom is -0.314 e. The Balaban J connectivity index is 2.16. The molecule has 0 aliphatic carbocycles. The van der Waals surface area contributed by atoms with Crippen LogP contribution in [0.3, 0.4) is 0 Å². The molecule has 0 bridgehead atoms. The van der Waals surface area contributed by atoms with E-state index in [0.29, 0.717) is 12.5 Å². The van der Waals surface area contributed by atoms with Crippen LogP contribution in [0.15, 0.2) is 0 Å². The Morgan fingerprint density at radius 2 is 2.07 bits per heavy atom. The predicted octanol–water partition coefficient (Wildman–Crippen LogP) is 1.19. The summed E-state index contributed by atoms with van der Waals surface area (Å²) < 4.78 is 29.5. The van der Waals surface area contributed by atoms with Crippen LogP contribution < -0.4 is 5.32 Å². The van der Waals surface area contributed by atoms with Crippen LogP contribution >= 0.6 is 0 Å². The van der Waals surface area contributed by atoms with Crippen molar-refractivity contribution >= 4 is 10.1 Å². The van der Waals surface area contributed by atoms with E-state index in [1.165, 1.54) is 19.3 Å². The molecule has 1 saturated heterocycles. The Morgan fingerprint density at radius 3 is 2.79 bits per heavy atom. The predicted molar refractivity (Wildman–Crippen MR) is 55.9 cm³/mol. The second-order valence-electron chi connectivity index (χ2n) is 3.93. The Morgan fingerprint density at radius 1 is 1.29 bits per heavy atom. The van der Waals surface area contributed by atoms with Gasteiger partial charge in [0.25, 0.3) is 10.1 Å². The summed E-state index contributed by atoms with van der Waals surface area (Å²) in [5.41, 5.74) is 0. The molecule has 4 nitrogen and oxygen atoms in total. The van der Waals surface area contributed by atoms with E-state index < -0.39 is 10.1 Å². The lowest BCUT2D eigenvalue weighted by Gasteiger charge is -2.14. The second kappa shape index (κ2) is 5.68. The molecule has 1 atom stereocenters. The summed E-state index contributed by atoms with van der Waals surface area (Å²) in [6.07, 6.45) is 6.24. The van der Waals surface area contributed by atoms with Crippen molar-refractivity contribution < 1.29 is 13.0 Å². The van der Waals surface area contributed by atoms with Gasteiger partial charge >= 0.3 is 0 Å². The summed E-state index contributed by atoms with van der Waals surface area (Å²) in [5.74, 6) is -0.106. The van der Waals surface area contributed by atoms with Crippen molar-refractivity contribution in [3.8, 4) is 0 Å². The van der Waals surface area contributed by atoms with Crippen LogP contribution in [0.4, 0.5) is 0 Å². The zero-order chi connectivity index (χ0) is 10.4. The van der Waals surface area contributed by atoms with Gasteiger partial charge in [-0.05, 0) is 32.2 Å². The number of hydrogen-bond acceptors (Lipinski definition) is 3. The standard InChI is InChI=1S/C9H19NO3S/c11-14(12,13)8-4-6-9-5-2-1-3-7-10-9/h9-10H,1-8H2,(H,11,12,13). The van der Waals surface area contributed by atoms with E-state index in [9.17, 15) is 8.42 Å². The van der Waals surface area contributed by atoms with E-state index in [1.807, 2.05) is 0 Å². The van der Waals surface area contributed by atoms with Gasteiger partial charge in [0.05, 0.1) is 5.75 Å². The molecule has 1 fully saturated rings. The van der Waals surface area contributed by atoms with Crippen molar-refractivity contribution in [1.29, 1.82) is 0 Å². The van der Waals surface area contributed by atoms with Crippen LogP contribution in [0.2, 0.25) is 0 Å². The third-order valence-electron chi connectivity index (χ3n) is 2.62. The first-order valence-electron chi connectivity index (χ1n) is 5.26. The SMILES string of the molecule is O=S(=O)(O)CCCC1CCCCCN1. The molecule has 1 unspecified atom stereocenters. The molecule has 84 valence electrons. The summed E-state index contributed by atoms with van der Waals surface area (Å²) in [5, 5.41) is 3.39. The van der Waals surface area contributed by atoms with Gasteiger partial charge in [0, 0.05) is 6.04 Å². The number of rotatable bonds is 4. The quantitative estimate of drug-likeness (QED) is 0.700. The average Bonchev–Trinajstić information content (AvgIpc) is 2.30. The first kappa shape index (κ1) is 11.9. The molecule has 1 rings (SSSR count). The monoisotopic (exact) mass is 221 g/mol. The third-order valence-corrected chi connectivity index (χ3v) is 3.42. The smallest absolute Gasteiger partial charge is 0.264 e. The molecule has 0 saturated carbocycles. The van der Waals surface area contributed by atoms with Crippen molar-refractivity contribution in [2.24, 2.45) is 0 Å². The molecule has 0 radical (unpaired) electrons. The molecular weight excluding hydrogens is 202 g/mol. The minimum absolute atomic E-state index is 0.106. The average molecular weight is 221 g/mol. The van der Waals surface area contributed by atoms with Crippen molar-refractivity contribution in [3.63, 3.8) is 0 Å². The highest BCUT2D eigenvalue weighted by molar-refractivity contribution is 7.85. The molecule has 2 N–H and O–H groups in total. The van der Waals surface area contributed by atoms with E-state index in [4.69, 9.17) is 4.55 Å². The van der Waals surface area contributed by atoms with Gasteiger partial charge < -0.3 is 5.32 Å². The Bertz CT molecular complexity index is 243. The molecule has 1 aliphatic heterocycles. The Labute approximate surface area is 85.8 Å². The van der Waals surface area contributed by atoms with Gasteiger partial charge in [0.15, 0.2) is 0 Å². The van der Waals surface area contributed by atoms with Crippen molar-refractivity contribution in [2.75, 3.05) is 12.3 Å². The van der Waals surface area contributed by atoms with E-state index in [1.54, 1.807) is 0 Å². The summed E-state index contributed by atoms with van der Waals surface area (Å²) in [7, 11) is -3.76. The van der Waals surface area contributed by atoms with Gasteiger partial charge in [0.1, 0.15) is 0 Å². The lowest BCUT2D eigenvalue weighted by Crippen LogP contribution is -2.28. The molecule has 0 aromatic carbocycles. The largest absolute Gasteiger partial charge is 0.314 e. The van der Waals surface area contributed by atoms with Gasteiger partial charge in [-0.1, -0.05) is 12.8 Å².